The molecule has 124 valence electrons. The lowest BCUT2D eigenvalue weighted by molar-refractivity contribution is 0.114. The molecule has 2 fully saturated rings. The van der Waals surface area contributed by atoms with Crippen LogP contribution in [0.15, 0.2) is 36.8 Å². The van der Waals surface area contributed by atoms with Crippen LogP contribution in [-0.2, 0) is 4.74 Å². The minimum Gasteiger partial charge on any atom is -0.376 e. The lowest BCUT2D eigenvalue weighted by atomic mass is 10.0. The predicted molar refractivity (Wildman–Crippen MR) is 94.1 cm³/mol. The smallest absolute Gasteiger partial charge is 0.143 e. The molecule has 6 heteroatoms. The summed E-state index contributed by atoms with van der Waals surface area (Å²) in [5, 5.41) is 10.2. The van der Waals surface area contributed by atoms with Crippen molar-refractivity contribution in [1.29, 1.82) is 5.26 Å². The molecule has 0 unspecified atom stereocenters. The van der Waals surface area contributed by atoms with Gasteiger partial charge in [0.2, 0.25) is 0 Å². The molecular formula is C19H17N5O. The summed E-state index contributed by atoms with van der Waals surface area (Å²) in [6, 6.07) is 9.85. The molecule has 2 atom stereocenters. The number of anilines is 1. The summed E-state index contributed by atoms with van der Waals surface area (Å²) < 4.78 is 5.84. The summed E-state index contributed by atoms with van der Waals surface area (Å²) in [7, 11) is 0. The first kappa shape index (κ1) is 14.4. The van der Waals surface area contributed by atoms with Gasteiger partial charge in [0.15, 0.2) is 0 Å². The van der Waals surface area contributed by atoms with Gasteiger partial charge >= 0.3 is 0 Å². The lowest BCUT2D eigenvalue weighted by Gasteiger charge is -2.19. The van der Waals surface area contributed by atoms with Crippen molar-refractivity contribution in [2.75, 3.05) is 24.6 Å². The van der Waals surface area contributed by atoms with E-state index in [4.69, 9.17) is 4.74 Å². The van der Waals surface area contributed by atoms with Crippen molar-refractivity contribution in [3.8, 4) is 17.2 Å². The number of nitriles is 1. The Hall–Kier alpha value is -2.91. The van der Waals surface area contributed by atoms with E-state index in [1.165, 1.54) is 0 Å². The molecule has 0 saturated carbocycles. The van der Waals surface area contributed by atoms with Gasteiger partial charge in [0.25, 0.3) is 0 Å². The third-order valence-corrected chi connectivity index (χ3v) is 5.25. The van der Waals surface area contributed by atoms with Gasteiger partial charge in [-0.05, 0) is 24.1 Å². The summed E-state index contributed by atoms with van der Waals surface area (Å²) in [5.41, 5.74) is 3.49. The average molecular weight is 331 g/mol. The molecule has 1 aromatic carbocycles. The van der Waals surface area contributed by atoms with Crippen LogP contribution >= 0.6 is 0 Å². The minimum atomic E-state index is 0.314. The van der Waals surface area contributed by atoms with E-state index in [1.807, 2.05) is 30.5 Å². The molecule has 4 heterocycles. The molecule has 0 spiro atoms. The number of H-pyrrole nitrogens is 1. The lowest BCUT2D eigenvalue weighted by Crippen LogP contribution is -2.24. The number of fused-ring (bicyclic) bond motifs is 2. The first-order chi connectivity index (χ1) is 12.3. The average Bonchev–Trinajstić information content (AvgIpc) is 3.35. The maximum atomic E-state index is 9.19. The number of rotatable bonds is 2. The molecular weight excluding hydrogens is 314 g/mol. The van der Waals surface area contributed by atoms with Gasteiger partial charge in [-0.15, -0.1) is 0 Å². The third-order valence-electron chi connectivity index (χ3n) is 5.25. The van der Waals surface area contributed by atoms with E-state index >= 15 is 0 Å². The maximum absolute atomic E-state index is 9.19. The number of hydrogen-bond acceptors (Lipinski definition) is 5. The highest BCUT2D eigenvalue weighted by atomic mass is 16.5. The van der Waals surface area contributed by atoms with Crippen molar-refractivity contribution < 1.29 is 4.74 Å². The predicted octanol–water partition coefficient (Wildman–Crippen LogP) is 2.72. The van der Waals surface area contributed by atoms with Gasteiger partial charge in [0, 0.05) is 37.4 Å². The van der Waals surface area contributed by atoms with Crippen molar-refractivity contribution in [1.82, 2.24) is 15.0 Å². The van der Waals surface area contributed by atoms with Crippen molar-refractivity contribution in [2.45, 2.75) is 12.5 Å². The fourth-order valence-electron chi connectivity index (χ4n) is 4.02. The SMILES string of the molecule is N#Cc1cccc(-c2c[nH]c3ncnc(N4C[C@@H]5CCO[C@@H]5C4)c23)c1. The first-order valence-corrected chi connectivity index (χ1v) is 8.52. The third kappa shape index (κ3) is 2.28. The van der Waals surface area contributed by atoms with Gasteiger partial charge in [0.1, 0.15) is 17.8 Å². The summed E-state index contributed by atoms with van der Waals surface area (Å²) >= 11 is 0. The van der Waals surface area contributed by atoms with E-state index in [-0.39, 0.29) is 0 Å². The Labute approximate surface area is 145 Å². The van der Waals surface area contributed by atoms with E-state index < -0.39 is 0 Å². The fraction of sp³-hybridized carbons (Fsp3) is 0.316. The number of aromatic amines is 1. The van der Waals surface area contributed by atoms with Crippen LogP contribution < -0.4 is 4.90 Å². The number of ether oxygens (including phenoxy) is 1. The van der Waals surface area contributed by atoms with Gasteiger partial charge in [-0.2, -0.15) is 5.26 Å². The van der Waals surface area contributed by atoms with Gasteiger partial charge in [-0.3, -0.25) is 0 Å². The second-order valence-corrected chi connectivity index (χ2v) is 6.68. The largest absolute Gasteiger partial charge is 0.376 e. The summed E-state index contributed by atoms with van der Waals surface area (Å²) in [6.45, 7) is 2.72. The molecule has 0 radical (unpaired) electrons. The number of hydrogen-bond donors (Lipinski definition) is 1. The number of benzene rings is 1. The minimum absolute atomic E-state index is 0.314. The van der Waals surface area contributed by atoms with Crippen molar-refractivity contribution in [3.05, 3.63) is 42.4 Å². The number of nitrogens with zero attached hydrogens (tertiary/aromatic N) is 4. The second kappa shape index (κ2) is 5.57. The molecule has 3 aromatic rings. The van der Waals surface area contributed by atoms with Crippen molar-refractivity contribution in [2.24, 2.45) is 5.92 Å². The van der Waals surface area contributed by atoms with Crippen LogP contribution in [0.25, 0.3) is 22.2 Å². The molecule has 0 aliphatic carbocycles. The Morgan fingerprint density at radius 1 is 1.28 bits per heavy atom. The van der Waals surface area contributed by atoms with Gasteiger partial charge in [0.05, 0.1) is 23.1 Å². The molecule has 2 aliphatic rings. The van der Waals surface area contributed by atoms with E-state index in [2.05, 4.69) is 25.9 Å². The zero-order chi connectivity index (χ0) is 16.8. The van der Waals surface area contributed by atoms with Crippen LogP contribution in [0.4, 0.5) is 5.82 Å². The van der Waals surface area contributed by atoms with Gasteiger partial charge in [-0.25, -0.2) is 9.97 Å². The van der Waals surface area contributed by atoms with Crippen LogP contribution in [0.3, 0.4) is 0 Å². The first-order valence-electron chi connectivity index (χ1n) is 8.52. The molecule has 5 rings (SSSR count). The Bertz CT molecular complexity index is 977. The topological polar surface area (TPSA) is 77.8 Å². The summed E-state index contributed by atoms with van der Waals surface area (Å²) in [5.74, 6) is 1.54. The Balaban J connectivity index is 1.63. The molecule has 6 nitrogen and oxygen atoms in total. The Morgan fingerprint density at radius 2 is 2.24 bits per heavy atom. The van der Waals surface area contributed by atoms with Crippen LogP contribution in [0.2, 0.25) is 0 Å². The van der Waals surface area contributed by atoms with E-state index in [1.54, 1.807) is 6.33 Å². The molecule has 2 aliphatic heterocycles. The molecule has 0 bridgehead atoms. The summed E-state index contributed by atoms with van der Waals surface area (Å²) in [4.78, 5) is 14.5. The van der Waals surface area contributed by atoms with E-state index in [9.17, 15) is 5.26 Å². The standard InChI is InChI=1S/C19H17N5O/c20-7-12-2-1-3-13(6-12)15-8-21-18-17(15)19(23-11-22-18)24-9-14-4-5-25-16(14)10-24/h1-3,6,8,11,14,16H,4-5,9-10H2,(H,21,22,23)/t14-,16+/m0/s1. The van der Waals surface area contributed by atoms with Crippen LogP contribution in [-0.4, -0.2) is 40.8 Å². The van der Waals surface area contributed by atoms with Crippen LogP contribution in [0, 0.1) is 17.2 Å². The zero-order valence-electron chi connectivity index (χ0n) is 13.6. The molecule has 25 heavy (non-hydrogen) atoms. The van der Waals surface area contributed by atoms with Gasteiger partial charge in [-0.1, -0.05) is 12.1 Å². The fourth-order valence-corrected chi connectivity index (χ4v) is 4.02. The molecule has 1 N–H and O–H groups in total. The quantitative estimate of drug-likeness (QED) is 0.781. The van der Waals surface area contributed by atoms with E-state index in [0.29, 0.717) is 17.6 Å². The Morgan fingerprint density at radius 3 is 3.12 bits per heavy atom. The molecule has 2 aromatic heterocycles. The summed E-state index contributed by atoms with van der Waals surface area (Å²) in [6.07, 6.45) is 5.00. The van der Waals surface area contributed by atoms with Crippen LogP contribution in [0.1, 0.15) is 12.0 Å². The van der Waals surface area contributed by atoms with Crippen molar-refractivity contribution in [3.63, 3.8) is 0 Å². The highest BCUT2D eigenvalue weighted by Crippen LogP contribution is 2.38. The Kier molecular flexibility index (Phi) is 3.22. The zero-order valence-corrected chi connectivity index (χ0v) is 13.6. The monoisotopic (exact) mass is 331 g/mol. The van der Waals surface area contributed by atoms with Crippen molar-refractivity contribution >= 4 is 16.9 Å². The second-order valence-electron chi connectivity index (χ2n) is 6.68. The maximum Gasteiger partial charge on any atom is 0.143 e. The number of nitrogens with one attached hydrogen (secondary N) is 1. The highest BCUT2D eigenvalue weighted by Gasteiger charge is 2.38. The molecule has 0 amide bonds. The normalized spacial score (nSPS) is 22.3. The number of aromatic nitrogens is 3. The highest BCUT2D eigenvalue weighted by molar-refractivity contribution is 6.01. The van der Waals surface area contributed by atoms with E-state index in [0.717, 1.165) is 54.1 Å². The van der Waals surface area contributed by atoms with Gasteiger partial charge < -0.3 is 14.6 Å². The van der Waals surface area contributed by atoms with Crippen LogP contribution in [0.5, 0.6) is 0 Å². The molecule has 2 saturated heterocycles.